The molecule has 1 fully saturated rings. The Morgan fingerprint density at radius 2 is 2.05 bits per heavy atom. The first-order valence-electron chi connectivity index (χ1n) is 7.24. The predicted molar refractivity (Wildman–Crippen MR) is 78.1 cm³/mol. The molecule has 0 aromatic rings. The number of carbonyl (C=O) groups excluding carboxylic acids is 1. The van der Waals surface area contributed by atoms with Gasteiger partial charge in [0.25, 0.3) is 10.0 Å². The van der Waals surface area contributed by atoms with Crippen LogP contribution in [0.1, 0.15) is 32.1 Å². The van der Waals surface area contributed by atoms with Crippen molar-refractivity contribution in [1.29, 1.82) is 0 Å². The Kier molecular flexibility index (Phi) is 3.84. The van der Waals surface area contributed by atoms with Gasteiger partial charge in [0.05, 0.1) is 5.75 Å². The van der Waals surface area contributed by atoms with E-state index in [9.17, 15) is 13.2 Å². The highest BCUT2D eigenvalue weighted by molar-refractivity contribution is 7.90. The molecule has 1 saturated carbocycles. The molecule has 3 rings (SSSR count). The zero-order valence-corrected chi connectivity index (χ0v) is 12.5. The molecule has 6 nitrogen and oxygen atoms in total. The molecule has 7 heteroatoms. The Bertz CT molecular complexity index is 627. The van der Waals surface area contributed by atoms with Crippen molar-refractivity contribution in [2.75, 3.05) is 12.3 Å². The number of carbonyl (C=O) groups is 1. The maximum absolute atomic E-state index is 12.3. The summed E-state index contributed by atoms with van der Waals surface area (Å²) in [5.74, 6) is -0.331. The van der Waals surface area contributed by atoms with E-state index >= 15 is 0 Å². The normalized spacial score (nSPS) is 24.9. The monoisotopic (exact) mass is 310 g/mol. The minimum atomic E-state index is -3.49. The maximum Gasteiger partial charge on any atom is 0.342 e. The lowest BCUT2D eigenvalue weighted by atomic mass is 9.98. The van der Waals surface area contributed by atoms with Crippen molar-refractivity contribution in [1.82, 2.24) is 4.90 Å². The second-order valence-electron chi connectivity index (χ2n) is 5.48. The van der Waals surface area contributed by atoms with Crippen LogP contribution in [0.15, 0.2) is 28.3 Å². The standard InChI is InChI=1S/C14H18N2O4S/c17-14(20-11-5-2-1-3-6-11)12-7-4-8-16-9-10-21(18,19)15-13(12)16/h4,7-8,11H,1-3,5-6,9-10H2. The summed E-state index contributed by atoms with van der Waals surface area (Å²) in [7, 11) is -3.49. The van der Waals surface area contributed by atoms with Gasteiger partial charge in [-0.2, -0.15) is 0 Å². The summed E-state index contributed by atoms with van der Waals surface area (Å²) in [6.07, 6.45) is 10.0. The van der Waals surface area contributed by atoms with Gasteiger partial charge in [0, 0.05) is 12.7 Å². The molecule has 114 valence electrons. The summed E-state index contributed by atoms with van der Waals surface area (Å²) < 4.78 is 32.5. The number of sulfonamides is 1. The lowest BCUT2D eigenvalue weighted by Crippen LogP contribution is -2.40. The van der Waals surface area contributed by atoms with Crippen molar-refractivity contribution in [3.63, 3.8) is 0 Å². The zero-order chi connectivity index (χ0) is 14.9. The van der Waals surface area contributed by atoms with Gasteiger partial charge >= 0.3 is 5.97 Å². The molecule has 0 N–H and O–H groups in total. The fourth-order valence-electron chi connectivity index (χ4n) is 2.77. The van der Waals surface area contributed by atoms with Crippen LogP contribution in [0.4, 0.5) is 0 Å². The largest absolute Gasteiger partial charge is 0.459 e. The van der Waals surface area contributed by atoms with Crippen LogP contribution < -0.4 is 0 Å². The van der Waals surface area contributed by atoms with Crippen molar-refractivity contribution in [3.05, 3.63) is 23.9 Å². The SMILES string of the molecule is O=C(OC1CCCCC1)C1=CC=CN2CCS(=O)(=O)N=C12. The summed E-state index contributed by atoms with van der Waals surface area (Å²) in [4.78, 5) is 14.0. The van der Waals surface area contributed by atoms with Gasteiger partial charge in [-0.15, -0.1) is 4.40 Å². The van der Waals surface area contributed by atoms with Crippen LogP contribution in [0.3, 0.4) is 0 Å². The molecule has 0 atom stereocenters. The average molecular weight is 310 g/mol. The molecular formula is C14H18N2O4S. The highest BCUT2D eigenvalue weighted by atomic mass is 32.2. The van der Waals surface area contributed by atoms with E-state index in [4.69, 9.17) is 4.74 Å². The third-order valence-electron chi connectivity index (χ3n) is 3.90. The van der Waals surface area contributed by atoms with Gasteiger partial charge in [-0.1, -0.05) is 6.42 Å². The summed E-state index contributed by atoms with van der Waals surface area (Å²) in [5, 5.41) is 0. The van der Waals surface area contributed by atoms with Crippen LogP contribution in [0.25, 0.3) is 0 Å². The number of ether oxygens (including phenoxy) is 1. The van der Waals surface area contributed by atoms with Crippen molar-refractivity contribution in [2.24, 2.45) is 4.40 Å². The smallest absolute Gasteiger partial charge is 0.342 e. The van der Waals surface area contributed by atoms with E-state index in [0.29, 0.717) is 6.54 Å². The molecule has 0 aromatic heterocycles. The molecule has 0 aromatic carbocycles. The fraction of sp³-hybridized carbons (Fsp3) is 0.571. The predicted octanol–water partition coefficient (Wildman–Crippen LogP) is 1.36. The molecule has 3 aliphatic rings. The average Bonchev–Trinajstić information content (AvgIpc) is 2.46. The van der Waals surface area contributed by atoms with Crippen molar-refractivity contribution >= 4 is 21.8 Å². The number of hydrogen-bond donors (Lipinski definition) is 0. The van der Waals surface area contributed by atoms with Crippen molar-refractivity contribution in [2.45, 2.75) is 38.2 Å². The van der Waals surface area contributed by atoms with Crippen LogP contribution in [0.5, 0.6) is 0 Å². The molecule has 0 bridgehead atoms. The van der Waals surface area contributed by atoms with E-state index in [0.717, 1.165) is 25.7 Å². The van der Waals surface area contributed by atoms with Crippen molar-refractivity contribution < 1.29 is 17.9 Å². The number of fused-ring (bicyclic) bond motifs is 1. The molecule has 0 spiro atoms. The molecule has 2 aliphatic heterocycles. The number of hydrogen-bond acceptors (Lipinski definition) is 5. The quantitative estimate of drug-likeness (QED) is 0.720. The minimum Gasteiger partial charge on any atom is -0.459 e. The molecule has 2 heterocycles. The highest BCUT2D eigenvalue weighted by Gasteiger charge is 2.31. The van der Waals surface area contributed by atoms with E-state index in [1.807, 2.05) is 0 Å². The Balaban J connectivity index is 1.79. The lowest BCUT2D eigenvalue weighted by molar-refractivity contribution is -0.145. The molecule has 0 radical (unpaired) electrons. The summed E-state index contributed by atoms with van der Waals surface area (Å²) in [5.41, 5.74) is 0.228. The highest BCUT2D eigenvalue weighted by Crippen LogP contribution is 2.23. The number of rotatable bonds is 2. The first-order valence-corrected chi connectivity index (χ1v) is 8.85. The number of nitrogens with zero attached hydrogens (tertiary/aromatic N) is 2. The van der Waals surface area contributed by atoms with Gasteiger partial charge < -0.3 is 9.64 Å². The number of allylic oxidation sites excluding steroid dienone is 2. The molecule has 1 aliphatic carbocycles. The van der Waals surface area contributed by atoms with Gasteiger partial charge in [-0.3, -0.25) is 0 Å². The van der Waals surface area contributed by atoms with E-state index in [2.05, 4.69) is 4.40 Å². The number of amidine groups is 1. The molecule has 21 heavy (non-hydrogen) atoms. The van der Waals surface area contributed by atoms with Crippen LogP contribution >= 0.6 is 0 Å². The fourth-order valence-corrected chi connectivity index (χ4v) is 3.76. The lowest BCUT2D eigenvalue weighted by Gasteiger charge is -2.29. The van der Waals surface area contributed by atoms with Crippen LogP contribution in [-0.4, -0.2) is 43.5 Å². The second-order valence-corrected chi connectivity index (χ2v) is 7.24. The summed E-state index contributed by atoms with van der Waals surface area (Å²) >= 11 is 0. The molecule has 0 amide bonds. The van der Waals surface area contributed by atoms with Crippen LogP contribution in [0, 0.1) is 0 Å². The number of esters is 1. The Morgan fingerprint density at radius 3 is 2.81 bits per heavy atom. The summed E-state index contributed by atoms with van der Waals surface area (Å²) in [6, 6.07) is 0. The third kappa shape index (κ3) is 3.18. The van der Waals surface area contributed by atoms with Gasteiger partial charge in [0.15, 0.2) is 5.84 Å². The van der Waals surface area contributed by atoms with E-state index in [1.165, 1.54) is 6.42 Å². The molecule has 0 saturated heterocycles. The first kappa shape index (κ1) is 14.3. The third-order valence-corrected chi connectivity index (χ3v) is 5.05. The van der Waals surface area contributed by atoms with E-state index in [-0.39, 0.29) is 23.3 Å². The minimum absolute atomic E-state index is 0.0359. The first-order chi connectivity index (χ1) is 10.1. The Hall–Kier alpha value is -1.63. The van der Waals surface area contributed by atoms with Gasteiger partial charge in [0.2, 0.25) is 0 Å². The molecular weight excluding hydrogens is 292 g/mol. The van der Waals surface area contributed by atoms with Gasteiger partial charge in [-0.05, 0) is 37.8 Å². The van der Waals surface area contributed by atoms with E-state index in [1.54, 1.807) is 23.3 Å². The maximum atomic E-state index is 12.3. The van der Waals surface area contributed by atoms with Gasteiger partial charge in [0.1, 0.15) is 11.7 Å². The van der Waals surface area contributed by atoms with Crippen molar-refractivity contribution in [3.8, 4) is 0 Å². The molecule has 0 unspecified atom stereocenters. The van der Waals surface area contributed by atoms with Crippen LogP contribution in [-0.2, 0) is 19.6 Å². The van der Waals surface area contributed by atoms with E-state index < -0.39 is 16.0 Å². The summed E-state index contributed by atoms with van der Waals surface area (Å²) in [6.45, 7) is 0.311. The van der Waals surface area contributed by atoms with Crippen LogP contribution in [0.2, 0.25) is 0 Å². The zero-order valence-electron chi connectivity index (χ0n) is 11.7. The van der Waals surface area contributed by atoms with Gasteiger partial charge in [-0.25, -0.2) is 13.2 Å². The second kappa shape index (κ2) is 5.63. The topological polar surface area (TPSA) is 76.0 Å². The Labute approximate surface area is 124 Å². The Morgan fingerprint density at radius 1 is 1.29 bits per heavy atom.